The third kappa shape index (κ3) is 5.34. The molecule has 0 atom stereocenters. The summed E-state index contributed by atoms with van der Waals surface area (Å²) in [5.74, 6) is -0.0102. The number of urea groups is 1. The normalized spacial score (nSPS) is 14.6. The van der Waals surface area contributed by atoms with E-state index in [1.807, 2.05) is 18.7 Å². The quantitative estimate of drug-likeness (QED) is 0.627. The molecule has 0 aliphatic carbocycles. The summed E-state index contributed by atoms with van der Waals surface area (Å²) < 4.78 is 2.16. The second-order valence-corrected chi connectivity index (χ2v) is 8.98. The summed E-state index contributed by atoms with van der Waals surface area (Å²) in [6.45, 7) is 11.7. The number of piperazine rings is 1. The Bertz CT molecular complexity index is 1160. The Morgan fingerprint density at radius 2 is 1.82 bits per heavy atom. The van der Waals surface area contributed by atoms with Crippen LogP contribution >= 0.6 is 0 Å². The topological polar surface area (TPSA) is 82.0 Å². The number of amides is 3. The number of anilines is 1. The fourth-order valence-electron chi connectivity index (χ4n) is 4.17. The summed E-state index contributed by atoms with van der Waals surface area (Å²) in [7, 11) is 0. The number of benzene rings is 1. The molecule has 8 heteroatoms. The van der Waals surface area contributed by atoms with Crippen LogP contribution in [0, 0.1) is 13.8 Å². The molecule has 33 heavy (non-hydrogen) atoms. The lowest BCUT2D eigenvalue weighted by Gasteiger charge is -2.34. The van der Waals surface area contributed by atoms with Gasteiger partial charge in [0, 0.05) is 56.2 Å². The van der Waals surface area contributed by atoms with Crippen LogP contribution < -0.4 is 10.6 Å². The van der Waals surface area contributed by atoms with Crippen LogP contribution in [0.1, 0.15) is 41.2 Å². The van der Waals surface area contributed by atoms with Gasteiger partial charge in [-0.25, -0.2) is 9.78 Å². The summed E-state index contributed by atoms with van der Waals surface area (Å²) in [5, 5.41) is 5.58. The van der Waals surface area contributed by atoms with Gasteiger partial charge in [-0.2, -0.15) is 0 Å². The smallest absolute Gasteiger partial charge is 0.319 e. The predicted molar refractivity (Wildman–Crippen MR) is 130 cm³/mol. The molecule has 0 spiro atoms. The van der Waals surface area contributed by atoms with Gasteiger partial charge < -0.3 is 19.9 Å². The summed E-state index contributed by atoms with van der Waals surface area (Å²) in [5.41, 5.74) is 5.61. The van der Waals surface area contributed by atoms with Crippen molar-refractivity contribution in [2.45, 2.75) is 40.3 Å². The van der Waals surface area contributed by atoms with E-state index in [0.29, 0.717) is 24.3 Å². The third-order valence-corrected chi connectivity index (χ3v) is 5.90. The minimum absolute atomic E-state index is 0.0102. The van der Waals surface area contributed by atoms with Gasteiger partial charge in [0.15, 0.2) is 0 Å². The fourth-order valence-corrected chi connectivity index (χ4v) is 4.17. The number of pyridine rings is 1. The first-order valence-electron chi connectivity index (χ1n) is 11.4. The first kappa shape index (κ1) is 22.8. The van der Waals surface area contributed by atoms with Crippen LogP contribution in [0.2, 0.25) is 0 Å². The minimum Gasteiger partial charge on any atom is -0.336 e. The Hall–Kier alpha value is -3.39. The lowest BCUT2D eigenvalue weighted by molar-refractivity contribution is 0.0626. The predicted octanol–water partition coefficient (Wildman–Crippen LogP) is 3.44. The molecule has 0 radical (unpaired) electrons. The van der Waals surface area contributed by atoms with Crippen molar-refractivity contribution in [3.63, 3.8) is 0 Å². The van der Waals surface area contributed by atoms with E-state index in [0.717, 1.165) is 31.0 Å². The molecule has 1 aromatic carbocycles. The maximum absolute atomic E-state index is 13.1. The Kier molecular flexibility index (Phi) is 6.65. The average Bonchev–Trinajstić information content (AvgIpc) is 3.07. The van der Waals surface area contributed by atoms with E-state index in [1.54, 1.807) is 24.3 Å². The maximum Gasteiger partial charge on any atom is 0.319 e. The van der Waals surface area contributed by atoms with Crippen molar-refractivity contribution in [1.82, 2.24) is 24.5 Å². The van der Waals surface area contributed by atoms with Gasteiger partial charge in [0.1, 0.15) is 5.65 Å². The van der Waals surface area contributed by atoms with Crippen molar-refractivity contribution >= 4 is 23.3 Å². The van der Waals surface area contributed by atoms with Gasteiger partial charge >= 0.3 is 6.03 Å². The highest BCUT2D eigenvalue weighted by molar-refractivity contribution is 5.97. The van der Waals surface area contributed by atoms with Gasteiger partial charge in [0.05, 0.1) is 11.4 Å². The lowest BCUT2D eigenvalue weighted by Crippen LogP contribution is -2.48. The van der Waals surface area contributed by atoms with Gasteiger partial charge in [-0.15, -0.1) is 0 Å². The molecule has 0 bridgehead atoms. The second kappa shape index (κ2) is 9.62. The number of fused-ring (bicyclic) bond motifs is 1. The number of aromatic nitrogens is 2. The van der Waals surface area contributed by atoms with Gasteiger partial charge in [0.25, 0.3) is 5.91 Å². The number of hydrogen-bond donors (Lipinski definition) is 2. The molecular formula is C25H32N6O2. The third-order valence-electron chi connectivity index (χ3n) is 5.90. The number of nitrogens with zero attached hydrogens (tertiary/aromatic N) is 4. The van der Waals surface area contributed by atoms with Crippen LogP contribution in [0.5, 0.6) is 0 Å². The molecule has 0 unspecified atom stereocenters. The van der Waals surface area contributed by atoms with Crippen molar-refractivity contribution in [2.24, 2.45) is 0 Å². The van der Waals surface area contributed by atoms with Crippen LogP contribution in [0.3, 0.4) is 0 Å². The van der Waals surface area contributed by atoms with E-state index in [2.05, 4.69) is 52.1 Å². The van der Waals surface area contributed by atoms with Crippen molar-refractivity contribution in [3.05, 3.63) is 65.1 Å². The van der Waals surface area contributed by atoms with Crippen LogP contribution in [0.15, 0.2) is 42.6 Å². The molecule has 4 rings (SSSR count). The van der Waals surface area contributed by atoms with Gasteiger partial charge in [-0.1, -0.05) is 6.07 Å². The minimum atomic E-state index is -0.277. The number of imidazole rings is 1. The number of rotatable bonds is 5. The molecule has 1 aliphatic rings. The van der Waals surface area contributed by atoms with E-state index < -0.39 is 0 Å². The van der Waals surface area contributed by atoms with E-state index in [4.69, 9.17) is 4.98 Å². The van der Waals surface area contributed by atoms with Crippen LogP contribution in [-0.2, 0) is 6.54 Å². The van der Waals surface area contributed by atoms with Crippen molar-refractivity contribution in [2.75, 3.05) is 31.5 Å². The molecule has 3 aromatic rings. The van der Waals surface area contributed by atoms with Gasteiger partial charge in [-0.3, -0.25) is 9.69 Å². The molecule has 2 N–H and O–H groups in total. The number of aryl methyl sites for hydroxylation is 2. The lowest BCUT2D eigenvalue weighted by atomic mass is 10.1. The van der Waals surface area contributed by atoms with E-state index in [1.165, 1.54) is 11.3 Å². The first-order valence-corrected chi connectivity index (χ1v) is 11.4. The summed E-state index contributed by atoms with van der Waals surface area (Å²) >= 11 is 0. The van der Waals surface area contributed by atoms with Crippen LogP contribution in [0.25, 0.3) is 5.65 Å². The Morgan fingerprint density at radius 3 is 2.55 bits per heavy atom. The van der Waals surface area contributed by atoms with Crippen molar-refractivity contribution in [3.8, 4) is 0 Å². The molecule has 174 valence electrons. The zero-order valence-corrected chi connectivity index (χ0v) is 19.8. The van der Waals surface area contributed by atoms with E-state index >= 15 is 0 Å². The summed E-state index contributed by atoms with van der Waals surface area (Å²) in [4.78, 5) is 34.0. The Labute approximate surface area is 194 Å². The molecule has 2 aromatic heterocycles. The Balaban J connectivity index is 1.36. The van der Waals surface area contributed by atoms with E-state index in [9.17, 15) is 9.59 Å². The highest BCUT2D eigenvalue weighted by Crippen LogP contribution is 2.18. The average molecular weight is 449 g/mol. The van der Waals surface area contributed by atoms with Crippen molar-refractivity contribution in [1.29, 1.82) is 0 Å². The fraction of sp³-hybridized carbons (Fsp3) is 0.400. The monoisotopic (exact) mass is 448 g/mol. The number of carbonyl (C=O) groups excluding carboxylic acids is 2. The summed E-state index contributed by atoms with van der Waals surface area (Å²) in [6.07, 6.45) is 2.09. The highest BCUT2D eigenvalue weighted by Gasteiger charge is 2.24. The van der Waals surface area contributed by atoms with Crippen LogP contribution in [0.4, 0.5) is 10.5 Å². The molecule has 3 amide bonds. The number of nitrogens with one attached hydrogen (secondary N) is 2. The molecule has 8 nitrogen and oxygen atoms in total. The van der Waals surface area contributed by atoms with Crippen molar-refractivity contribution < 1.29 is 9.59 Å². The Morgan fingerprint density at radius 1 is 1.06 bits per heavy atom. The summed E-state index contributed by atoms with van der Waals surface area (Å²) in [6, 6.07) is 11.1. The number of hydrogen-bond acceptors (Lipinski definition) is 4. The zero-order valence-electron chi connectivity index (χ0n) is 19.8. The standard InChI is InChI=1S/C25H32N6O2/c1-17(2)26-25(33)28-21-7-5-6-20(15-21)24(32)30-12-10-29(11-13-30)16-22-19(4)27-23-14-18(3)8-9-31(22)23/h5-9,14-15,17H,10-13,16H2,1-4H3,(H2,26,28,33). The highest BCUT2D eigenvalue weighted by atomic mass is 16.2. The first-order chi connectivity index (χ1) is 15.8. The molecule has 1 fully saturated rings. The SMILES string of the molecule is Cc1ccn2c(CN3CCN(C(=O)c4cccc(NC(=O)NC(C)C)c4)CC3)c(C)nc2c1. The second-order valence-electron chi connectivity index (χ2n) is 8.98. The van der Waals surface area contributed by atoms with Gasteiger partial charge in [-0.05, 0) is 63.6 Å². The zero-order chi connectivity index (χ0) is 23.5. The van der Waals surface area contributed by atoms with E-state index in [-0.39, 0.29) is 18.0 Å². The van der Waals surface area contributed by atoms with Gasteiger partial charge in [0.2, 0.25) is 0 Å². The molecule has 1 aliphatic heterocycles. The maximum atomic E-state index is 13.1. The van der Waals surface area contributed by atoms with Crippen LogP contribution in [-0.4, -0.2) is 63.3 Å². The molecule has 3 heterocycles. The number of carbonyl (C=O) groups is 2. The molecule has 1 saturated heterocycles. The largest absolute Gasteiger partial charge is 0.336 e. The molecular weight excluding hydrogens is 416 g/mol. The molecule has 0 saturated carbocycles.